The minimum atomic E-state index is -0.328. The Hall–Kier alpha value is -2.83. The molecule has 0 spiro atoms. The molecule has 1 N–H and O–H groups in total. The van der Waals surface area contributed by atoms with Gasteiger partial charge in [-0.05, 0) is 49.2 Å². The highest BCUT2D eigenvalue weighted by atomic mass is 19.1. The average Bonchev–Trinajstić information content (AvgIpc) is 3.16. The summed E-state index contributed by atoms with van der Waals surface area (Å²) in [5.74, 6) is 0.817. The lowest BCUT2D eigenvalue weighted by Gasteiger charge is -2.32. The van der Waals surface area contributed by atoms with Gasteiger partial charge >= 0.3 is 0 Å². The van der Waals surface area contributed by atoms with Crippen LogP contribution in [0.3, 0.4) is 0 Å². The molecular weight excluding hydrogens is 363 g/mol. The standard InChI is InChI=1S/C21H25FN2O4/c1-14(2)20(25)23-16-9-11-24(12-10-16)21(26)19-8-7-18(28-19)13-27-17-5-3-15(22)4-6-17/h3-8,14,16H,9-13H2,1-2H3,(H,23,25). The monoisotopic (exact) mass is 388 g/mol. The van der Waals surface area contributed by atoms with Crippen LogP contribution in [0, 0.1) is 11.7 Å². The van der Waals surface area contributed by atoms with E-state index in [9.17, 15) is 14.0 Å². The predicted molar refractivity (Wildman–Crippen MR) is 101 cm³/mol. The molecule has 7 heteroatoms. The zero-order chi connectivity index (χ0) is 20.1. The lowest BCUT2D eigenvalue weighted by Crippen LogP contribution is -2.47. The summed E-state index contributed by atoms with van der Waals surface area (Å²) in [5, 5.41) is 3.02. The molecule has 0 bridgehead atoms. The molecule has 150 valence electrons. The maximum Gasteiger partial charge on any atom is 0.289 e. The maximum absolute atomic E-state index is 12.9. The van der Waals surface area contributed by atoms with Crippen molar-refractivity contribution in [2.24, 2.45) is 5.92 Å². The van der Waals surface area contributed by atoms with Gasteiger partial charge in [-0.1, -0.05) is 13.8 Å². The van der Waals surface area contributed by atoms with E-state index in [2.05, 4.69) is 5.32 Å². The van der Waals surface area contributed by atoms with Crippen LogP contribution in [0.25, 0.3) is 0 Å². The minimum Gasteiger partial charge on any atom is -0.486 e. The molecule has 1 aliphatic heterocycles. The Morgan fingerprint density at radius 1 is 1.18 bits per heavy atom. The van der Waals surface area contributed by atoms with Gasteiger partial charge in [0.15, 0.2) is 5.76 Å². The number of hydrogen-bond acceptors (Lipinski definition) is 4. The first-order chi connectivity index (χ1) is 13.4. The Bertz CT molecular complexity index is 808. The lowest BCUT2D eigenvalue weighted by atomic mass is 10.0. The first-order valence-electron chi connectivity index (χ1n) is 9.49. The van der Waals surface area contributed by atoms with Crippen molar-refractivity contribution >= 4 is 11.8 Å². The minimum absolute atomic E-state index is 0.0432. The molecule has 2 amide bonds. The van der Waals surface area contributed by atoms with Crippen LogP contribution in [0.2, 0.25) is 0 Å². The summed E-state index contributed by atoms with van der Waals surface area (Å²) in [7, 11) is 0. The Morgan fingerprint density at radius 3 is 2.50 bits per heavy atom. The highest BCUT2D eigenvalue weighted by molar-refractivity contribution is 5.91. The predicted octanol–water partition coefficient (Wildman–Crippen LogP) is 3.37. The van der Waals surface area contributed by atoms with Gasteiger partial charge in [-0.15, -0.1) is 0 Å². The van der Waals surface area contributed by atoms with Crippen LogP contribution in [0.4, 0.5) is 4.39 Å². The Labute approximate surface area is 163 Å². The zero-order valence-electron chi connectivity index (χ0n) is 16.1. The molecule has 3 rings (SSSR count). The molecule has 28 heavy (non-hydrogen) atoms. The van der Waals surface area contributed by atoms with Crippen molar-refractivity contribution in [2.45, 2.75) is 39.3 Å². The third-order valence-corrected chi connectivity index (χ3v) is 4.72. The molecule has 1 aromatic carbocycles. The van der Waals surface area contributed by atoms with Gasteiger partial charge in [0.25, 0.3) is 5.91 Å². The Kier molecular flexibility index (Phi) is 6.34. The number of piperidine rings is 1. The summed E-state index contributed by atoms with van der Waals surface area (Å²) in [6.45, 7) is 5.03. The normalized spacial score (nSPS) is 14.9. The number of nitrogens with zero attached hydrogens (tertiary/aromatic N) is 1. The Morgan fingerprint density at radius 2 is 1.86 bits per heavy atom. The summed E-state index contributed by atoms with van der Waals surface area (Å²) in [6, 6.07) is 9.15. The molecule has 1 aliphatic rings. The van der Waals surface area contributed by atoms with Gasteiger partial charge in [0.05, 0.1) is 0 Å². The first-order valence-corrected chi connectivity index (χ1v) is 9.49. The second-order valence-corrected chi connectivity index (χ2v) is 7.24. The van der Waals surface area contributed by atoms with E-state index in [-0.39, 0.29) is 42.0 Å². The van der Waals surface area contributed by atoms with Crippen LogP contribution in [-0.4, -0.2) is 35.8 Å². The third-order valence-electron chi connectivity index (χ3n) is 4.72. The van der Waals surface area contributed by atoms with Gasteiger partial charge in [-0.25, -0.2) is 4.39 Å². The summed E-state index contributed by atoms with van der Waals surface area (Å²) in [5.41, 5.74) is 0. The molecule has 0 atom stereocenters. The lowest BCUT2D eigenvalue weighted by molar-refractivity contribution is -0.124. The van der Waals surface area contributed by atoms with Crippen molar-refractivity contribution in [1.82, 2.24) is 10.2 Å². The van der Waals surface area contributed by atoms with Crippen LogP contribution in [0.15, 0.2) is 40.8 Å². The molecule has 2 aromatic rings. The highest BCUT2D eigenvalue weighted by Crippen LogP contribution is 2.18. The van der Waals surface area contributed by atoms with Crippen molar-refractivity contribution in [2.75, 3.05) is 13.1 Å². The zero-order valence-corrected chi connectivity index (χ0v) is 16.1. The number of hydrogen-bond donors (Lipinski definition) is 1. The SMILES string of the molecule is CC(C)C(=O)NC1CCN(C(=O)c2ccc(COc3ccc(F)cc3)o2)CC1. The second-order valence-electron chi connectivity index (χ2n) is 7.24. The first kappa shape index (κ1) is 19.9. The fraction of sp³-hybridized carbons (Fsp3) is 0.429. The third kappa shape index (κ3) is 5.12. The van der Waals surface area contributed by atoms with E-state index in [0.29, 0.717) is 24.6 Å². The smallest absolute Gasteiger partial charge is 0.289 e. The van der Waals surface area contributed by atoms with E-state index in [4.69, 9.17) is 9.15 Å². The van der Waals surface area contributed by atoms with Gasteiger partial charge in [-0.2, -0.15) is 0 Å². The summed E-state index contributed by atoms with van der Waals surface area (Å²) in [6.07, 6.45) is 1.46. The molecule has 0 radical (unpaired) electrons. The van der Waals surface area contributed by atoms with E-state index < -0.39 is 0 Å². The van der Waals surface area contributed by atoms with E-state index in [1.54, 1.807) is 17.0 Å². The van der Waals surface area contributed by atoms with Crippen molar-refractivity contribution in [3.05, 3.63) is 53.7 Å². The van der Waals surface area contributed by atoms with Crippen LogP contribution in [0.1, 0.15) is 43.0 Å². The van der Waals surface area contributed by atoms with Crippen molar-refractivity contribution < 1.29 is 23.1 Å². The number of carbonyl (C=O) groups excluding carboxylic acids is 2. The molecule has 1 fully saturated rings. The molecule has 1 saturated heterocycles. The number of likely N-dealkylation sites (tertiary alicyclic amines) is 1. The quantitative estimate of drug-likeness (QED) is 0.824. The van der Waals surface area contributed by atoms with Crippen LogP contribution >= 0.6 is 0 Å². The Balaban J connectivity index is 1.49. The summed E-state index contributed by atoms with van der Waals surface area (Å²) < 4.78 is 24.0. The van der Waals surface area contributed by atoms with Crippen molar-refractivity contribution in [3.63, 3.8) is 0 Å². The van der Waals surface area contributed by atoms with Crippen LogP contribution < -0.4 is 10.1 Å². The molecule has 0 unspecified atom stereocenters. The van der Waals surface area contributed by atoms with Crippen molar-refractivity contribution in [1.29, 1.82) is 0 Å². The molecule has 2 heterocycles. The van der Waals surface area contributed by atoms with E-state index in [1.807, 2.05) is 13.8 Å². The fourth-order valence-corrected chi connectivity index (χ4v) is 3.01. The van der Waals surface area contributed by atoms with Gasteiger partial charge < -0.3 is 19.4 Å². The number of halogens is 1. The van der Waals surface area contributed by atoms with E-state index >= 15 is 0 Å². The van der Waals surface area contributed by atoms with E-state index in [0.717, 1.165) is 12.8 Å². The van der Waals surface area contributed by atoms with Crippen LogP contribution in [0.5, 0.6) is 5.75 Å². The van der Waals surface area contributed by atoms with Crippen molar-refractivity contribution in [3.8, 4) is 5.75 Å². The topological polar surface area (TPSA) is 71.8 Å². The van der Waals surface area contributed by atoms with E-state index in [1.165, 1.54) is 24.3 Å². The van der Waals surface area contributed by atoms with Crippen LogP contribution in [-0.2, 0) is 11.4 Å². The largest absolute Gasteiger partial charge is 0.486 e. The van der Waals surface area contributed by atoms with Gasteiger partial charge in [0.2, 0.25) is 5.91 Å². The molecule has 6 nitrogen and oxygen atoms in total. The number of nitrogens with one attached hydrogen (secondary N) is 1. The van der Waals surface area contributed by atoms with Gasteiger partial charge in [0, 0.05) is 25.0 Å². The molecule has 0 saturated carbocycles. The number of carbonyl (C=O) groups is 2. The number of rotatable bonds is 6. The fourth-order valence-electron chi connectivity index (χ4n) is 3.01. The average molecular weight is 388 g/mol. The number of benzene rings is 1. The van der Waals surface area contributed by atoms with Gasteiger partial charge in [0.1, 0.15) is 23.9 Å². The highest BCUT2D eigenvalue weighted by Gasteiger charge is 2.26. The summed E-state index contributed by atoms with van der Waals surface area (Å²) >= 11 is 0. The number of amides is 2. The summed E-state index contributed by atoms with van der Waals surface area (Å²) in [4.78, 5) is 26.2. The molecular formula is C21H25FN2O4. The number of furan rings is 1. The molecule has 0 aliphatic carbocycles. The molecule has 1 aromatic heterocycles. The van der Waals surface area contributed by atoms with Gasteiger partial charge in [-0.3, -0.25) is 9.59 Å². The number of ether oxygens (including phenoxy) is 1. The maximum atomic E-state index is 12.9. The second kappa shape index (κ2) is 8.91.